The summed E-state index contributed by atoms with van der Waals surface area (Å²) in [6.45, 7) is 2.19. The van der Waals surface area contributed by atoms with E-state index in [2.05, 4.69) is 14.7 Å². The van der Waals surface area contributed by atoms with Crippen LogP contribution in [0.25, 0.3) is 11.4 Å². The molecule has 1 heterocycles. The summed E-state index contributed by atoms with van der Waals surface area (Å²) in [5, 5.41) is 4.51. The molecule has 1 aromatic heterocycles. The Morgan fingerprint density at radius 3 is 2.43 bits per heavy atom. The number of halogens is 3. The SMILES string of the molecule is CCN(OC)C(=O)Cc1ccc(-c2noc(C(F)(F)F)n2)cc1. The maximum absolute atomic E-state index is 12.4. The van der Waals surface area contributed by atoms with E-state index in [0.717, 1.165) is 0 Å². The van der Waals surface area contributed by atoms with Gasteiger partial charge in [-0.3, -0.25) is 9.63 Å². The number of likely N-dealkylation sites (N-methyl/N-ethyl adjacent to an activating group) is 1. The molecule has 1 amide bonds. The van der Waals surface area contributed by atoms with E-state index >= 15 is 0 Å². The van der Waals surface area contributed by atoms with Gasteiger partial charge >= 0.3 is 12.1 Å². The van der Waals surface area contributed by atoms with Crippen LogP contribution in [0.5, 0.6) is 0 Å². The van der Waals surface area contributed by atoms with Gasteiger partial charge in [-0.2, -0.15) is 18.2 Å². The summed E-state index contributed by atoms with van der Waals surface area (Å²) in [6, 6.07) is 6.27. The average Bonchev–Trinajstić information content (AvgIpc) is 2.99. The normalized spacial score (nSPS) is 11.5. The number of benzene rings is 1. The Labute approximate surface area is 129 Å². The highest BCUT2D eigenvalue weighted by Gasteiger charge is 2.38. The fourth-order valence-electron chi connectivity index (χ4n) is 1.90. The molecule has 0 N–H and O–H groups in total. The van der Waals surface area contributed by atoms with Gasteiger partial charge in [-0.15, -0.1) is 0 Å². The maximum atomic E-state index is 12.4. The monoisotopic (exact) mass is 329 g/mol. The first kappa shape index (κ1) is 16.9. The average molecular weight is 329 g/mol. The minimum Gasteiger partial charge on any atom is -0.329 e. The Bertz CT molecular complexity index is 664. The number of carbonyl (C=O) groups excluding carboxylic acids is 1. The van der Waals surface area contributed by atoms with E-state index in [1.807, 2.05) is 0 Å². The molecule has 1 aromatic carbocycles. The molecule has 0 radical (unpaired) electrons. The first-order valence-electron chi connectivity index (χ1n) is 6.69. The zero-order valence-electron chi connectivity index (χ0n) is 12.4. The molecule has 0 saturated heterocycles. The summed E-state index contributed by atoms with van der Waals surface area (Å²) in [5.74, 6) is -1.78. The number of rotatable bonds is 5. The van der Waals surface area contributed by atoms with Crippen LogP contribution in [0.2, 0.25) is 0 Å². The largest absolute Gasteiger partial charge is 0.471 e. The molecule has 124 valence electrons. The minimum atomic E-state index is -4.68. The summed E-state index contributed by atoms with van der Waals surface area (Å²) >= 11 is 0. The van der Waals surface area contributed by atoms with E-state index < -0.39 is 12.1 Å². The maximum Gasteiger partial charge on any atom is 0.471 e. The topological polar surface area (TPSA) is 68.5 Å². The smallest absolute Gasteiger partial charge is 0.329 e. The highest BCUT2D eigenvalue weighted by atomic mass is 19.4. The van der Waals surface area contributed by atoms with Crippen LogP contribution in [0, 0.1) is 0 Å². The molecule has 0 bridgehead atoms. The highest BCUT2D eigenvalue weighted by Crippen LogP contribution is 2.29. The van der Waals surface area contributed by atoms with Gasteiger partial charge in [0.25, 0.3) is 5.91 Å². The number of hydrogen-bond donors (Lipinski definition) is 0. The molecule has 0 unspecified atom stereocenters. The van der Waals surface area contributed by atoms with Gasteiger partial charge in [0.2, 0.25) is 5.82 Å². The summed E-state index contributed by atoms with van der Waals surface area (Å²) in [5.41, 5.74) is 1.05. The number of amides is 1. The van der Waals surface area contributed by atoms with Crippen LogP contribution in [0.3, 0.4) is 0 Å². The van der Waals surface area contributed by atoms with Crippen LogP contribution in [0.1, 0.15) is 18.4 Å². The molecule has 2 rings (SSSR count). The van der Waals surface area contributed by atoms with E-state index in [1.165, 1.54) is 24.3 Å². The van der Waals surface area contributed by atoms with Crippen molar-refractivity contribution in [3.63, 3.8) is 0 Å². The molecule has 0 fully saturated rings. The summed E-state index contributed by atoms with van der Waals surface area (Å²) in [4.78, 5) is 20.1. The van der Waals surface area contributed by atoms with Crippen LogP contribution in [-0.4, -0.2) is 34.8 Å². The van der Waals surface area contributed by atoms with Crippen LogP contribution in [0.4, 0.5) is 13.2 Å². The number of hydrogen-bond acceptors (Lipinski definition) is 5. The van der Waals surface area contributed by atoms with E-state index in [0.29, 0.717) is 17.7 Å². The van der Waals surface area contributed by atoms with Crippen molar-refractivity contribution in [3.8, 4) is 11.4 Å². The van der Waals surface area contributed by atoms with Crippen molar-refractivity contribution in [1.82, 2.24) is 15.2 Å². The lowest BCUT2D eigenvalue weighted by Crippen LogP contribution is -2.30. The molecule has 9 heteroatoms. The molecule has 0 aliphatic carbocycles. The zero-order valence-corrected chi connectivity index (χ0v) is 12.4. The van der Waals surface area contributed by atoms with Crippen molar-refractivity contribution in [3.05, 3.63) is 35.7 Å². The van der Waals surface area contributed by atoms with Gasteiger partial charge < -0.3 is 4.52 Å². The van der Waals surface area contributed by atoms with Gasteiger partial charge in [-0.1, -0.05) is 29.4 Å². The van der Waals surface area contributed by atoms with Crippen LogP contribution in [0.15, 0.2) is 28.8 Å². The molecule has 0 saturated carbocycles. The molecule has 2 aromatic rings. The Hall–Kier alpha value is -2.42. The lowest BCUT2D eigenvalue weighted by Gasteiger charge is -2.17. The van der Waals surface area contributed by atoms with Gasteiger partial charge in [0.05, 0.1) is 13.5 Å². The second-order valence-electron chi connectivity index (χ2n) is 4.57. The van der Waals surface area contributed by atoms with Crippen molar-refractivity contribution >= 4 is 5.91 Å². The van der Waals surface area contributed by atoms with Gasteiger partial charge in [0.15, 0.2) is 0 Å². The minimum absolute atomic E-state index is 0.113. The Kier molecular flexibility index (Phi) is 4.99. The second-order valence-corrected chi connectivity index (χ2v) is 4.57. The molecule has 0 spiro atoms. The Balaban J connectivity index is 2.10. The van der Waals surface area contributed by atoms with Gasteiger partial charge in [-0.25, -0.2) is 5.06 Å². The number of alkyl halides is 3. The third-order valence-corrected chi connectivity index (χ3v) is 3.02. The van der Waals surface area contributed by atoms with Crippen molar-refractivity contribution in [1.29, 1.82) is 0 Å². The lowest BCUT2D eigenvalue weighted by molar-refractivity contribution is -0.174. The second kappa shape index (κ2) is 6.78. The third-order valence-electron chi connectivity index (χ3n) is 3.02. The molecular weight excluding hydrogens is 315 g/mol. The van der Waals surface area contributed by atoms with E-state index in [-0.39, 0.29) is 18.2 Å². The number of hydroxylamine groups is 2. The van der Waals surface area contributed by atoms with Crippen molar-refractivity contribution < 1.29 is 27.3 Å². The lowest BCUT2D eigenvalue weighted by atomic mass is 10.1. The van der Waals surface area contributed by atoms with Gasteiger partial charge in [-0.05, 0) is 12.5 Å². The predicted molar refractivity (Wildman–Crippen MR) is 72.8 cm³/mol. The first-order valence-corrected chi connectivity index (χ1v) is 6.69. The molecule has 0 aliphatic heterocycles. The third kappa shape index (κ3) is 4.07. The molecule has 23 heavy (non-hydrogen) atoms. The van der Waals surface area contributed by atoms with Gasteiger partial charge in [0, 0.05) is 12.1 Å². The van der Waals surface area contributed by atoms with E-state index in [1.54, 1.807) is 19.1 Å². The van der Waals surface area contributed by atoms with Crippen LogP contribution < -0.4 is 0 Å². The first-order chi connectivity index (χ1) is 10.8. The van der Waals surface area contributed by atoms with Crippen LogP contribution >= 0.6 is 0 Å². The fourth-order valence-corrected chi connectivity index (χ4v) is 1.90. The quantitative estimate of drug-likeness (QED) is 0.789. The highest BCUT2D eigenvalue weighted by molar-refractivity contribution is 5.78. The van der Waals surface area contributed by atoms with Crippen molar-refractivity contribution in [2.75, 3.05) is 13.7 Å². The van der Waals surface area contributed by atoms with Crippen molar-refractivity contribution in [2.45, 2.75) is 19.5 Å². The summed E-state index contributed by atoms with van der Waals surface area (Å²) in [7, 11) is 1.40. The number of carbonyl (C=O) groups is 1. The Morgan fingerprint density at radius 1 is 1.30 bits per heavy atom. The summed E-state index contributed by atoms with van der Waals surface area (Å²) in [6.07, 6.45) is -4.57. The molecule has 0 atom stereocenters. The van der Waals surface area contributed by atoms with E-state index in [9.17, 15) is 18.0 Å². The Morgan fingerprint density at radius 2 is 1.96 bits per heavy atom. The van der Waals surface area contributed by atoms with E-state index in [4.69, 9.17) is 4.84 Å². The van der Waals surface area contributed by atoms with Crippen molar-refractivity contribution in [2.24, 2.45) is 0 Å². The molecular formula is C14H14F3N3O3. The zero-order chi connectivity index (χ0) is 17.0. The molecule has 6 nitrogen and oxygen atoms in total. The fraction of sp³-hybridized carbons (Fsp3) is 0.357. The predicted octanol–water partition coefficient (Wildman–Crippen LogP) is 2.71. The number of aromatic nitrogens is 2. The van der Waals surface area contributed by atoms with Crippen LogP contribution in [-0.2, 0) is 22.2 Å². The summed E-state index contributed by atoms with van der Waals surface area (Å²) < 4.78 is 41.4. The van der Waals surface area contributed by atoms with Gasteiger partial charge in [0.1, 0.15) is 0 Å². The standard InChI is InChI=1S/C14H14F3N3O3/c1-3-20(22-2)11(21)8-9-4-6-10(7-5-9)12-18-13(23-19-12)14(15,16)17/h4-7H,3,8H2,1-2H3. The number of nitrogens with zero attached hydrogens (tertiary/aromatic N) is 3. The molecule has 0 aliphatic rings.